The van der Waals surface area contributed by atoms with Gasteiger partial charge in [0.25, 0.3) is 0 Å². The van der Waals surface area contributed by atoms with Crippen LogP contribution < -0.4 is 20.3 Å². The minimum atomic E-state index is -0.463. The van der Waals surface area contributed by atoms with E-state index in [1.807, 2.05) is 6.92 Å². The number of urea groups is 1. The summed E-state index contributed by atoms with van der Waals surface area (Å²) in [6.45, 7) is 3.08. The Morgan fingerprint density at radius 2 is 1.96 bits per heavy atom. The van der Waals surface area contributed by atoms with E-state index in [0.717, 1.165) is 22.5 Å². The fourth-order valence-corrected chi connectivity index (χ4v) is 3.38. The molecule has 0 unspecified atom stereocenters. The summed E-state index contributed by atoms with van der Waals surface area (Å²) >= 11 is 0. The first-order valence-electron chi connectivity index (χ1n) is 8.82. The van der Waals surface area contributed by atoms with Gasteiger partial charge in [-0.1, -0.05) is 0 Å². The van der Waals surface area contributed by atoms with Gasteiger partial charge in [-0.3, -0.25) is 9.69 Å². The number of hydrogen-bond donors (Lipinski definition) is 2. The van der Waals surface area contributed by atoms with Gasteiger partial charge in [0.1, 0.15) is 5.75 Å². The Morgan fingerprint density at radius 3 is 2.70 bits per heavy atom. The van der Waals surface area contributed by atoms with E-state index in [0.29, 0.717) is 37.2 Å². The van der Waals surface area contributed by atoms with E-state index in [2.05, 4.69) is 10.6 Å². The summed E-state index contributed by atoms with van der Waals surface area (Å²) in [7, 11) is 0. The first kappa shape index (κ1) is 17.1. The van der Waals surface area contributed by atoms with Crippen molar-refractivity contribution in [3.63, 3.8) is 0 Å². The molecule has 1 fully saturated rings. The topological polar surface area (TPSA) is 87.7 Å². The Kier molecular flexibility index (Phi) is 4.27. The van der Waals surface area contributed by atoms with E-state index >= 15 is 0 Å². The Bertz CT molecular complexity index is 954. The average molecular weight is 365 g/mol. The Morgan fingerprint density at radius 1 is 1.11 bits per heavy atom. The zero-order chi connectivity index (χ0) is 19.0. The van der Waals surface area contributed by atoms with Crippen LogP contribution in [0, 0.1) is 6.92 Å². The number of nitrogens with zero attached hydrogens (tertiary/aromatic N) is 1. The lowest BCUT2D eigenvalue weighted by atomic mass is 10.0. The molecule has 0 aliphatic carbocycles. The molecule has 2 heterocycles. The summed E-state index contributed by atoms with van der Waals surface area (Å²) < 4.78 is 5.49. The summed E-state index contributed by atoms with van der Waals surface area (Å²) in [6.07, 6.45) is 1.05. The van der Waals surface area contributed by atoms with Gasteiger partial charge in [-0.05, 0) is 60.9 Å². The summed E-state index contributed by atoms with van der Waals surface area (Å²) in [4.78, 5) is 37.4. The lowest BCUT2D eigenvalue weighted by Crippen LogP contribution is -2.28. The molecule has 2 aliphatic heterocycles. The standard InChI is InChI=1S/C20H19N3O4/c1-12-10-14(2-6-17(12)23-9-8-21-20(23)26)19(25)27-15-4-5-16-13(11-15)3-7-18(24)22-16/h2,4-6,10-11H,3,7-9H2,1H3,(H,21,26)(H,22,24). The number of nitrogens with one attached hydrogen (secondary N) is 2. The highest BCUT2D eigenvalue weighted by Gasteiger charge is 2.23. The molecule has 0 saturated carbocycles. The van der Waals surface area contributed by atoms with Gasteiger partial charge in [-0.15, -0.1) is 0 Å². The second-order valence-electron chi connectivity index (χ2n) is 6.64. The van der Waals surface area contributed by atoms with Gasteiger partial charge in [-0.2, -0.15) is 0 Å². The van der Waals surface area contributed by atoms with Crippen LogP contribution in [0.5, 0.6) is 5.75 Å². The maximum atomic E-state index is 12.5. The van der Waals surface area contributed by atoms with Crippen molar-refractivity contribution in [2.45, 2.75) is 19.8 Å². The summed E-state index contributed by atoms with van der Waals surface area (Å²) in [5, 5.41) is 5.56. The predicted molar refractivity (Wildman–Crippen MR) is 100 cm³/mol. The largest absolute Gasteiger partial charge is 0.423 e. The van der Waals surface area contributed by atoms with Crippen molar-refractivity contribution in [2.75, 3.05) is 23.3 Å². The second-order valence-corrected chi connectivity index (χ2v) is 6.64. The number of aryl methyl sites for hydroxylation is 2. The van der Waals surface area contributed by atoms with Crippen LogP contribution in [-0.2, 0) is 11.2 Å². The fourth-order valence-electron chi connectivity index (χ4n) is 3.38. The maximum Gasteiger partial charge on any atom is 0.343 e. The van der Waals surface area contributed by atoms with Crippen LogP contribution in [0.1, 0.15) is 27.9 Å². The third-order valence-electron chi connectivity index (χ3n) is 4.76. The number of carbonyl (C=O) groups is 3. The SMILES string of the molecule is Cc1cc(C(=O)Oc2ccc3c(c2)CCC(=O)N3)ccc1N1CCNC1=O. The Hall–Kier alpha value is -3.35. The van der Waals surface area contributed by atoms with E-state index in [4.69, 9.17) is 4.74 Å². The molecular formula is C20H19N3O4. The van der Waals surface area contributed by atoms with Crippen molar-refractivity contribution < 1.29 is 19.1 Å². The lowest BCUT2D eigenvalue weighted by molar-refractivity contribution is -0.116. The zero-order valence-corrected chi connectivity index (χ0v) is 14.9. The van der Waals surface area contributed by atoms with E-state index < -0.39 is 5.97 Å². The van der Waals surface area contributed by atoms with Crippen molar-refractivity contribution in [1.82, 2.24) is 5.32 Å². The highest BCUT2D eigenvalue weighted by molar-refractivity contribution is 5.97. The van der Waals surface area contributed by atoms with Crippen LogP contribution in [0.25, 0.3) is 0 Å². The molecule has 3 amide bonds. The molecule has 27 heavy (non-hydrogen) atoms. The second kappa shape index (κ2) is 6.75. The minimum absolute atomic E-state index is 0.00510. The van der Waals surface area contributed by atoms with Crippen molar-refractivity contribution in [3.05, 3.63) is 53.1 Å². The van der Waals surface area contributed by atoms with Gasteiger partial charge >= 0.3 is 12.0 Å². The van der Waals surface area contributed by atoms with E-state index in [1.165, 1.54) is 0 Å². The average Bonchev–Trinajstić information content (AvgIpc) is 3.07. The highest BCUT2D eigenvalue weighted by atomic mass is 16.5. The number of rotatable bonds is 3. The number of benzene rings is 2. The number of amides is 3. The van der Waals surface area contributed by atoms with Gasteiger partial charge in [0.15, 0.2) is 0 Å². The normalized spacial score (nSPS) is 15.8. The first-order chi connectivity index (χ1) is 13.0. The Labute approximate surface area is 156 Å². The molecule has 2 N–H and O–H groups in total. The van der Waals surface area contributed by atoms with Crippen molar-refractivity contribution in [2.24, 2.45) is 0 Å². The zero-order valence-electron chi connectivity index (χ0n) is 14.9. The molecule has 0 spiro atoms. The van der Waals surface area contributed by atoms with Crippen molar-refractivity contribution in [3.8, 4) is 5.75 Å². The van der Waals surface area contributed by atoms with Crippen LogP contribution in [0.3, 0.4) is 0 Å². The van der Waals surface area contributed by atoms with E-state index in [9.17, 15) is 14.4 Å². The molecule has 4 rings (SSSR count). The van der Waals surface area contributed by atoms with Gasteiger partial charge in [0.2, 0.25) is 5.91 Å². The van der Waals surface area contributed by atoms with Crippen LogP contribution in [-0.4, -0.2) is 31.0 Å². The van der Waals surface area contributed by atoms with Gasteiger partial charge < -0.3 is 15.4 Å². The molecule has 0 aromatic heterocycles. The third kappa shape index (κ3) is 3.36. The summed E-state index contributed by atoms with van der Waals surface area (Å²) in [5.41, 5.74) is 3.74. The van der Waals surface area contributed by atoms with Crippen molar-refractivity contribution in [1.29, 1.82) is 0 Å². The fraction of sp³-hybridized carbons (Fsp3) is 0.250. The van der Waals surface area contributed by atoms with Gasteiger partial charge in [0, 0.05) is 30.9 Å². The molecule has 2 aliphatic rings. The molecule has 7 nitrogen and oxygen atoms in total. The monoisotopic (exact) mass is 365 g/mol. The third-order valence-corrected chi connectivity index (χ3v) is 4.76. The highest BCUT2D eigenvalue weighted by Crippen LogP contribution is 2.28. The van der Waals surface area contributed by atoms with Crippen LogP contribution in [0.15, 0.2) is 36.4 Å². The summed E-state index contributed by atoms with van der Waals surface area (Å²) in [6, 6.07) is 10.2. The van der Waals surface area contributed by atoms with Crippen LogP contribution in [0.2, 0.25) is 0 Å². The molecule has 0 bridgehead atoms. The first-order valence-corrected chi connectivity index (χ1v) is 8.82. The smallest absolute Gasteiger partial charge is 0.343 e. The van der Waals surface area contributed by atoms with Crippen molar-refractivity contribution >= 4 is 29.3 Å². The number of fused-ring (bicyclic) bond motifs is 1. The number of ether oxygens (including phenoxy) is 1. The molecule has 0 atom stereocenters. The molecular weight excluding hydrogens is 346 g/mol. The van der Waals surface area contributed by atoms with Crippen LogP contribution >= 0.6 is 0 Å². The molecule has 138 valence electrons. The molecule has 1 saturated heterocycles. The van der Waals surface area contributed by atoms with Gasteiger partial charge in [0.05, 0.1) is 5.56 Å². The molecule has 0 radical (unpaired) electrons. The molecule has 2 aromatic carbocycles. The van der Waals surface area contributed by atoms with Gasteiger partial charge in [-0.25, -0.2) is 9.59 Å². The van der Waals surface area contributed by atoms with E-state index in [1.54, 1.807) is 41.3 Å². The quantitative estimate of drug-likeness (QED) is 0.647. The number of hydrogen-bond acceptors (Lipinski definition) is 4. The minimum Gasteiger partial charge on any atom is -0.423 e. The number of carbonyl (C=O) groups excluding carboxylic acids is 3. The van der Waals surface area contributed by atoms with Crippen LogP contribution in [0.4, 0.5) is 16.2 Å². The Balaban J connectivity index is 1.51. The number of esters is 1. The summed E-state index contributed by atoms with van der Waals surface area (Å²) in [5.74, 6) is -0.0274. The lowest BCUT2D eigenvalue weighted by Gasteiger charge is -2.18. The predicted octanol–water partition coefficient (Wildman–Crippen LogP) is 2.63. The van der Waals surface area contributed by atoms with E-state index in [-0.39, 0.29) is 11.9 Å². The molecule has 7 heteroatoms. The molecule has 2 aromatic rings. The number of anilines is 2. The maximum absolute atomic E-state index is 12.5.